The first-order chi connectivity index (χ1) is 8.87. The molecule has 0 aromatic carbocycles. The van der Waals surface area contributed by atoms with Gasteiger partial charge in [0, 0.05) is 12.7 Å². The van der Waals surface area contributed by atoms with Gasteiger partial charge in [0.2, 0.25) is 5.95 Å². The van der Waals surface area contributed by atoms with E-state index in [1.54, 1.807) is 11.0 Å². The van der Waals surface area contributed by atoms with Gasteiger partial charge in [-0.15, -0.1) is 0 Å². The van der Waals surface area contributed by atoms with Gasteiger partial charge in [0.25, 0.3) is 0 Å². The number of nitrogens with zero attached hydrogens (tertiary/aromatic N) is 2. The molecule has 0 bridgehead atoms. The van der Waals surface area contributed by atoms with E-state index in [1.807, 2.05) is 32.9 Å². The summed E-state index contributed by atoms with van der Waals surface area (Å²) in [5, 5.41) is 0. The maximum atomic E-state index is 13.2. The molecule has 2 rings (SSSR count). The fraction of sp³-hybridized carbons (Fsp3) is 0.429. The molecule has 1 aliphatic heterocycles. The van der Waals surface area contributed by atoms with Gasteiger partial charge in [0.15, 0.2) is 0 Å². The van der Waals surface area contributed by atoms with Crippen LogP contribution in [0.4, 0.5) is 9.18 Å². The summed E-state index contributed by atoms with van der Waals surface area (Å²) in [5.41, 5.74) is 0.139. The van der Waals surface area contributed by atoms with Crippen molar-refractivity contribution in [2.24, 2.45) is 0 Å². The van der Waals surface area contributed by atoms with Gasteiger partial charge in [0.05, 0.1) is 6.04 Å². The van der Waals surface area contributed by atoms with Crippen molar-refractivity contribution in [2.75, 3.05) is 6.54 Å². The molecule has 0 saturated carbocycles. The molecular formula is C14H17FN2O2. The third-order valence-electron chi connectivity index (χ3n) is 2.68. The lowest BCUT2D eigenvalue weighted by Crippen LogP contribution is -2.36. The molecule has 4 nitrogen and oxygen atoms in total. The van der Waals surface area contributed by atoms with E-state index in [0.29, 0.717) is 12.1 Å². The third-order valence-corrected chi connectivity index (χ3v) is 2.68. The molecule has 0 saturated heterocycles. The van der Waals surface area contributed by atoms with Crippen molar-refractivity contribution >= 4 is 6.09 Å². The number of amides is 1. The predicted octanol–water partition coefficient (Wildman–Crippen LogP) is 3.07. The summed E-state index contributed by atoms with van der Waals surface area (Å²) in [5.74, 6) is -0.554. The van der Waals surface area contributed by atoms with Crippen LogP contribution < -0.4 is 0 Å². The highest BCUT2D eigenvalue weighted by atomic mass is 19.1. The molecular weight excluding hydrogens is 247 g/mol. The molecule has 1 aromatic rings. The zero-order valence-electron chi connectivity index (χ0n) is 11.3. The Bertz CT molecular complexity index is 508. The molecule has 0 fully saturated rings. The summed E-state index contributed by atoms with van der Waals surface area (Å²) in [6.07, 6.45) is 4.72. The zero-order valence-corrected chi connectivity index (χ0v) is 11.3. The number of halogens is 1. The van der Waals surface area contributed by atoms with E-state index < -0.39 is 17.6 Å². The standard InChI is InChI=1S/C14H17FN2O2/c1-14(2,3)19-13(18)17-8-4-5-11(17)10-6-7-16-12(15)9-10/h4-7,9,11H,8H2,1-3H3. The van der Waals surface area contributed by atoms with E-state index in [0.717, 1.165) is 0 Å². The lowest BCUT2D eigenvalue weighted by atomic mass is 10.1. The van der Waals surface area contributed by atoms with Crippen LogP contribution in [0.3, 0.4) is 0 Å². The van der Waals surface area contributed by atoms with Crippen molar-refractivity contribution in [1.82, 2.24) is 9.88 Å². The number of carbonyl (C=O) groups excluding carboxylic acids is 1. The van der Waals surface area contributed by atoms with Crippen molar-refractivity contribution in [3.63, 3.8) is 0 Å². The van der Waals surface area contributed by atoms with Crippen molar-refractivity contribution in [2.45, 2.75) is 32.4 Å². The average Bonchev–Trinajstić information content (AvgIpc) is 2.75. The van der Waals surface area contributed by atoms with Gasteiger partial charge in [0.1, 0.15) is 5.60 Å². The smallest absolute Gasteiger partial charge is 0.411 e. The molecule has 1 aliphatic rings. The monoisotopic (exact) mass is 264 g/mol. The Morgan fingerprint density at radius 1 is 1.53 bits per heavy atom. The number of ether oxygens (including phenoxy) is 1. The van der Waals surface area contributed by atoms with Crippen LogP contribution in [0.25, 0.3) is 0 Å². The summed E-state index contributed by atoms with van der Waals surface area (Å²) in [4.78, 5) is 17.2. The first kappa shape index (κ1) is 13.5. The highest BCUT2D eigenvalue weighted by Crippen LogP contribution is 2.28. The number of aromatic nitrogens is 1. The largest absolute Gasteiger partial charge is 0.444 e. The first-order valence-electron chi connectivity index (χ1n) is 6.14. The van der Waals surface area contributed by atoms with Gasteiger partial charge < -0.3 is 4.74 Å². The minimum Gasteiger partial charge on any atom is -0.444 e. The third kappa shape index (κ3) is 3.30. The summed E-state index contributed by atoms with van der Waals surface area (Å²) >= 11 is 0. The highest BCUT2D eigenvalue weighted by molar-refractivity contribution is 5.70. The Labute approximate surface area is 111 Å². The SMILES string of the molecule is CC(C)(C)OC(=O)N1CC=CC1c1ccnc(F)c1. The average molecular weight is 264 g/mol. The van der Waals surface area contributed by atoms with Crippen LogP contribution in [0, 0.1) is 5.95 Å². The fourth-order valence-corrected chi connectivity index (χ4v) is 1.92. The number of rotatable bonds is 1. The van der Waals surface area contributed by atoms with Crippen LogP contribution in [0.5, 0.6) is 0 Å². The summed E-state index contributed by atoms with van der Waals surface area (Å²) < 4.78 is 18.5. The van der Waals surface area contributed by atoms with Gasteiger partial charge in [-0.05, 0) is 38.5 Å². The molecule has 1 amide bonds. The number of carbonyl (C=O) groups is 1. The minimum absolute atomic E-state index is 0.299. The summed E-state index contributed by atoms with van der Waals surface area (Å²) in [7, 11) is 0. The Balaban J connectivity index is 2.17. The molecule has 1 unspecified atom stereocenters. The quantitative estimate of drug-likeness (QED) is 0.578. The maximum absolute atomic E-state index is 13.2. The second kappa shape index (κ2) is 4.99. The zero-order chi connectivity index (χ0) is 14.0. The molecule has 0 N–H and O–H groups in total. The Kier molecular flexibility index (Phi) is 3.55. The van der Waals surface area contributed by atoms with E-state index in [4.69, 9.17) is 4.74 Å². The molecule has 1 atom stereocenters. The molecule has 0 radical (unpaired) electrons. The molecule has 0 aliphatic carbocycles. The Hall–Kier alpha value is -1.91. The van der Waals surface area contributed by atoms with E-state index in [-0.39, 0.29) is 6.04 Å². The van der Waals surface area contributed by atoms with Crippen molar-refractivity contribution in [1.29, 1.82) is 0 Å². The van der Waals surface area contributed by atoms with Crippen molar-refractivity contribution in [3.8, 4) is 0 Å². The Morgan fingerprint density at radius 2 is 2.26 bits per heavy atom. The molecule has 1 aromatic heterocycles. The highest BCUT2D eigenvalue weighted by Gasteiger charge is 2.30. The molecule has 19 heavy (non-hydrogen) atoms. The van der Waals surface area contributed by atoms with Gasteiger partial charge in [-0.3, -0.25) is 4.90 Å². The van der Waals surface area contributed by atoms with Crippen LogP contribution in [0.1, 0.15) is 32.4 Å². The van der Waals surface area contributed by atoms with E-state index in [2.05, 4.69) is 4.98 Å². The lowest BCUT2D eigenvalue weighted by molar-refractivity contribution is 0.0240. The lowest BCUT2D eigenvalue weighted by Gasteiger charge is -2.28. The second-order valence-electron chi connectivity index (χ2n) is 5.42. The minimum atomic E-state index is -0.554. The summed E-state index contributed by atoms with van der Waals surface area (Å²) in [6, 6.07) is 2.73. The Morgan fingerprint density at radius 3 is 2.89 bits per heavy atom. The van der Waals surface area contributed by atoms with Crippen LogP contribution in [-0.2, 0) is 4.74 Å². The molecule has 5 heteroatoms. The van der Waals surface area contributed by atoms with Gasteiger partial charge in [-0.25, -0.2) is 9.78 Å². The van der Waals surface area contributed by atoms with E-state index in [1.165, 1.54) is 12.3 Å². The van der Waals surface area contributed by atoms with Crippen LogP contribution in [-0.4, -0.2) is 28.1 Å². The van der Waals surface area contributed by atoms with E-state index >= 15 is 0 Å². The van der Waals surface area contributed by atoms with Gasteiger partial charge in [-0.2, -0.15) is 4.39 Å². The number of pyridine rings is 1. The van der Waals surface area contributed by atoms with Crippen LogP contribution in [0.15, 0.2) is 30.5 Å². The number of hydrogen-bond acceptors (Lipinski definition) is 3. The van der Waals surface area contributed by atoms with Gasteiger partial charge >= 0.3 is 6.09 Å². The van der Waals surface area contributed by atoms with Gasteiger partial charge in [-0.1, -0.05) is 12.2 Å². The summed E-state index contributed by atoms with van der Waals surface area (Å²) in [6.45, 7) is 5.91. The predicted molar refractivity (Wildman–Crippen MR) is 69.0 cm³/mol. The first-order valence-corrected chi connectivity index (χ1v) is 6.14. The number of hydrogen-bond donors (Lipinski definition) is 0. The normalized spacial score (nSPS) is 18.7. The molecule has 2 heterocycles. The fourth-order valence-electron chi connectivity index (χ4n) is 1.92. The second-order valence-corrected chi connectivity index (χ2v) is 5.42. The molecule has 0 spiro atoms. The van der Waals surface area contributed by atoms with E-state index in [9.17, 15) is 9.18 Å². The van der Waals surface area contributed by atoms with Crippen molar-refractivity contribution < 1.29 is 13.9 Å². The van der Waals surface area contributed by atoms with Crippen LogP contribution in [0.2, 0.25) is 0 Å². The molecule has 102 valence electrons. The topological polar surface area (TPSA) is 42.4 Å². The van der Waals surface area contributed by atoms with Crippen molar-refractivity contribution in [3.05, 3.63) is 42.0 Å². The van der Waals surface area contributed by atoms with Crippen LogP contribution >= 0.6 is 0 Å². The maximum Gasteiger partial charge on any atom is 0.411 e.